The molecule has 0 aromatic heterocycles. The Hall–Kier alpha value is -1.67. The zero-order valence-electron chi connectivity index (χ0n) is 17.9. The average molecular weight is 405 g/mol. The van der Waals surface area contributed by atoms with Gasteiger partial charge in [0.1, 0.15) is 6.10 Å². The lowest BCUT2D eigenvalue weighted by atomic mass is 9.71. The molecule has 2 unspecified atom stereocenters. The second-order valence-corrected chi connectivity index (χ2v) is 7.80. The van der Waals surface area contributed by atoms with E-state index in [1.54, 1.807) is 13.8 Å². The van der Waals surface area contributed by atoms with E-state index in [2.05, 4.69) is 30.2 Å². The normalized spacial score (nSPS) is 21.4. The van der Waals surface area contributed by atoms with Crippen molar-refractivity contribution in [1.29, 1.82) is 0 Å². The first kappa shape index (κ1) is 26.3. The molecule has 1 aliphatic carbocycles. The summed E-state index contributed by atoms with van der Waals surface area (Å²) in [6, 6.07) is 0. The highest BCUT2D eigenvalue weighted by Crippen LogP contribution is 2.39. The number of ether oxygens (including phenoxy) is 3. The van der Waals surface area contributed by atoms with Gasteiger partial charge >= 0.3 is 17.9 Å². The summed E-state index contributed by atoms with van der Waals surface area (Å²) in [5.74, 6) is -1.70. The van der Waals surface area contributed by atoms with E-state index < -0.39 is 24.1 Å². The zero-order chi connectivity index (χ0) is 21.9. The number of aliphatic hydroxyl groups is 2. The van der Waals surface area contributed by atoms with Crippen LogP contribution >= 0.6 is 0 Å². The lowest BCUT2D eigenvalue weighted by Crippen LogP contribution is -2.41. The van der Waals surface area contributed by atoms with Gasteiger partial charge in [0, 0.05) is 12.8 Å². The van der Waals surface area contributed by atoms with Crippen LogP contribution in [0.25, 0.3) is 0 Å². The molecule has 0 radical (unpaired) electrons. The van der Waals surface area contributed by atoms with E-state index in [0.29, 0.717) is 5.92 Å². The second kappa shape index (κ2) is 12.7. The predicted molar refractivity (Wildman–Crippen MR) is 102 cm³/mol. The van der Waals surface area contributed by atoms with Crippen molar-refractivity contribution in [2.24, 2.45) is 11.3 Å². The van der Waals surface area contributed by atoms with Crippen molar-refractivity contribution >= 4 is 17.9 Å². The first-order valence-corrected chi connectivity index (χ1v) is 9.82. The van der Waals surface area contributed by atoms with Gasteiger partial charge in [-0.1, -0.05) is 27.2 Å². The molecule has 8 heteroatoms. The van der Waals surface area contributed by atoms with Crippen molar-refractivity contribution in [2.45, 2.75) is 85.5 Å². The molecular weight excluding hydrogens is 368 g/mol. The molecule has 0 saturated heterocycles. The van der Waals surface area contributed by atoms with Crippen LogP contribution in [0.5, 0.6) is 0 Å². The molecule has 164 valence electrons. The lowest BCUT2D eigenvalue weighted by Gasteiger charge is -2.39. The maximum absolute atomic E-state index is 11.0. The Bertz CT molecular complexity index is 475. The molecule has 0 heterocycles. The molecule has 0 aromatic carbocycles. The summed E-state index contributed by atoms with van der Waals surface area (Å²) in [5, 5.41) is 18.2. The quantitative estimate of drug-likeness (QED) is 0.509. The number of hydrogen-bond donors (Lipinski definition) is 2. The van der Waals surface area contributed by atoms with Crippen molar-refractivity contribution in [3.05, 3.63) is 0 Å². The van der Waals surface area contributed by atoms with E-state index in [9.17, 15) is 14.4 Å². The highest BCUT2D eigenvalue weighted by molar-refractivity contribution is 5.85. The number of aliphatic hydroxyl groups excluding tert-OH is 2. The fourth-order valence-electron chi connectivity index (χ4n) is 3.15. The minimum atomic E-state index is -1.89. The highest BCUT2D eigenvalue weighted by atomic mass is 16.6. The van der Waals surface area contributed by atoms with Gasteiger partial charge in [0.15, 0.2) is 12.2 Å². The lowest BCUT2D eigenvalue weighted by molar-refractivity contribution is -0.172. The largest absolute Gasteiger partial charge is 0.464 e. The molecule has 0 bridgehead atoms. The van der Waals surface area contributed by atoms with E-state index >= 15 is 0 Å². The SMILES string of the molecule is CC(=O)OC1CCCCC1C(C)(C)C.CCOC(=O)[C@H](O)[C@@H](O)C(=O)OCC. The molecule has 0 amide bonds. The van der Waals surface area contributed by atoms with Gasteiger partial charge in [-0.25, -0.2) is 9.59 Å². The van der Waals surface area contributed by atoms with Gasteiger partial charge in [-0.15, -0.1) is 0 Å². The molecule has 0 spiro atoms. The molecule has 1 saturated carbocycles. The van der Waals surface area contributed by atoms with Crippen LogP contribution in [0.3, 0.4) is 0 Å². The van der Waals surface area contributed by atoms with Gasteiger partial charge in [-0.3, -0.25) is 4.79 Å². The molecule has 0 aromatic rings. The Morgan fingerprint density at radius 2 is 1.36 bits per heavy atom. The van der Waals surface area contributed by atoms with Crippen LogP contribution in [-0.2, 0) is 28.6 Å². The van der Waals surface area contributed by atoms with Gasteiger partial charge < -0.3 is 24.4 Å². The fraction of sp³-hybridized carbons (Fsp3) is 0.850. The van der Waals surface area contributed by atoms with Gasteiger partial charge in [-0.05, 0) is 38.5 Å². The number of hydrogen-bond acceptors (Lipinski definition) is 8. The smallest absolute Gasteiger partial charge is 0.338 e. The average Bonchev–Trinajstić information content (AvgIpc) is 2.60. The van der Waals surface area contributed by atoms with Crippen LogP contribution in [0.2, 0.25) is 0 Å². The number of carbonyl (C=O) groups excluding carboxylic acids is 3. The third kappa shape index (κ3) is 9.50. The van der Waals surface area contributed by atoms with Gasteiger partial charge in [0.25, 0.3) is 0 Å². The molecule has 8 nitrogen and oxygen atoms in total. The van der Waals surface area contributed by atoms with Crippen LogP contribution in [0.1, 0.15) is 67.2 Å². The Labute approximate surface area is 167 Å². The van der Waals surface area contributed by atoms with E-state index in [0.717, 1.165) is 6.42 Å². The summed E-state index contributed by atoms with van der Waals surface area (Å²) in [5.41, 5.74) is 0.251. The molecule has 2 N–H and O–H groups in total. The molecule has 28 heavy (non-hydrogen) atoms. The van der Waals surface area contributed by atoms with Crippen LogP contribution in [-0.4, -0.2) is 59.6 Å². The fourth-order valence-corrected chi connectivity index (χ4v) is 3.15. The summed E-state index contributed by atoms with van der Waals surface area (Å²) < 4.78 is 14.2. The van der Waals surface area contributed by atoms with Crippen LogP contribution in [0, 0.1) is 11.3 Å². The van der Waals surface area contributed by atoms with Crippen molar-refractivity contribution in [1.82, 2.24) is 0 Å². The van der Waals surface area contributed by atoms with Crippen LogP contribution in [0.15, 0.2) is 0 Å². The van der Waals surface area contributed by atoms with Gasteiger partial charge in [-0.2, -0.15) is 0 Å². The maximum Gasteiger partial charge on any atom is 0.338 e. The predicted octanol–water partition coefficient (Wildman–Crippen LogP) is 1.99. The number of rotatable bonds is 6. The van der Waals surface area contributed by atoms with Crippen molar-refractivity contribution in [3.63, 3.8) is 0 Å². The molecule has 1 fully saturated rings. The highest BCUT2D eigenvalue weighted by Gasteiger charge is 2.36. The third-order valence-electron chi connectivity index (χ3n) is 4.49. The summed E-state index contributed by atoms with van der Waals surface area (Å²) in [7, 11) is 0. The first-order chi connectivity index (χ1) is 12.9. The van der Waals surface area contributed by atoms with Crippen LogP contribution in [0.4, 0.5) is 0 Å². The molecule has 1 aliphatic rings. The molecule has 0 aliphatic heterocycles. The Morgan fingerprint density at radius 3 is 1.71 bits per heavy atom. The van der Waals surface area contributed by atoms with Gasteiger partial charge in [0.05, 0.1) is 13.2 Å². The van der Waals surface area contributed by atoms with E-state index in [1.165, 1.54) is 26.2 Å². The third-order valence-corrected chi connectivity index (χ3v) is 4.49. The Balaban J connectivity index is 0.000000521. The molecule has 4 atom stereocenters. The molecular formula is C20H36O8. The summed E-state index contributed by atoms with van der Waals surface area (Å²) >= 11 is 0. The second-order valence-electron chi connectivity index (χ2n) is 7.80. The van der Waals surface area contributed by atoms with Crippen molar-refractivity contribution in [2.75, 3.05) is 13.2 Å². The first-order valence-electron chi connectivity index (χ1n) is 9.82. The monoisotopic (exact) mass is 404 g/mol. The van der Waals surface area contributed by atoms with E-state index in [1.807, 2.05) is 0 Å². The van der Waals surface area contributed by atoms with E-state index in [4.69, 9.17) is 14.9 Å². The minimum absolute atomic E-state index is 0.0610. The summed E-state index contributed by atoms with van der Waals surface area (Å²) in [4.78, 5) is 32.7. The van der Waals surface area contributed by atoms with Crippen molar-refractivity contribution in [3.8, 4) is 0 Å². The standard InChI is InChI=1S/C12H22O2.C8H14O6/c1-9(13)14-11-8-6-5-7-10(11)12(2,3)4;1-3-13-7(11)5(9)6(10)8(12)14-4-2/h10-11H,5-8H2,1-4H3;5-6,9-10H,3-4H2,1-2H3/t;5-,6-/m.1/s1. The van der Waals surface area contributed by atoms with E-state index in [-0.39, 0.29) is 30.7 Å². The van der Waals surface area contributed by atoms with Crippen molar-refractivity contribution < 1.29 is 38.8 Å². The van der Waals surface area contributed by atoms with Crippen LogP contribution < -0.4 is 0 Å². The number of carbonyl (C=O) groups is 3. The topological polar surface area (TPSA) is 119 Å². The Morgan fingerprint density at radius 1 is 0.929 bits per heavy atom. The summed E-state index contributed by atoms with van der Waals surface area (Å²) in [6.07, 6.45) is 1.08. The number of esters is 3. The molecule has 1 rings (SSSR count). The van der Waals surface area contributed by atoms with Gasteiger partial charge in [0.2, 0.25) is 0 Å². The zero-order valence-corrected chi connectivity index (χ0v) is 17.9. The minimum Gasteiger partial charge on any atom is -0.464 e. The summed E-state index contributed by atoms with van der Waals surface area (Å²) in [6.45, 7) is 11.4. The maximum atomic E-state index is 11.0. The Kier molecular flexibility index (Phi) is 12.0.